The molecule has 0 fully saturated rings. The molecule has 4 heteroatoms. The van der Waals surface area contributed by atoms with Crippen molar-refractivity contribution >= 4 is 17.4 Å². The maximum absolute atomic E-state index is 5.89. The van der Waals surface area contributed by atoms with Gasteiger partial charge in [0, 0.05) is 5.75 Å². The van der Waals surface area contributed by atoms with Crippen molar-refractivity contribution in [1.29, 1.82) is 0 Å². The van der Waals surface area contributed by atoms with E-state index in [1.54, 1.807) is 11.8 Å². The zero-order valence-corrected chi connectivity index (χ0v) is 12.7. The van der Waals surface area contributed by atoms with Crippen LogP contribution in [0.15, 0.2) is 47.5 Å². The third-order valence-electron chi connectivity index (χ3n) is 2.65. The molecular weight excluding hydrogens is 268 g/mol. The first-order valence-corrected chi connectivity index (χ1v) is 7.69. The zero-order chi connectivity index (χ0) is 14.4. The molecule has 3 nitrogen and oxygen atoms in total. The Bertz CT molecular complexity index is 543. The van der Waals surface area contributed by atoms with E-state index in [0.29, 0.717) is 24.1 Å². The van der Waals surface area contributed by atoms with E-state index < -0.39 is 0 Å². The summed E-state index contributed by atoms with van der Waals surface area (Å²) in [4.78, 5) is 4.48. The standard InChI is InChI=1S/C16H20N2OS/c1-12(2)10-19-16-14(17)8-9-15(18-16)20-11-13-6-4-3-5-7-13/h3-9,12H,10-11,17H2,1-2H3. The average molecular weight is 288 g/mol. The maximum atomic E-state index is 5.89. The Labute approximate surface area is 124 Å². The molecule has 0 spiro atoms. The summed E-state index contributed by atoms with van der Waals surface area (Å²) in [5.41, 5.74) is 7.76. The van der Waals surface area contributed by atoms with Crippen molar-refractivity contribution in [2.45, 2.75) is 24.6 Å². The molecule has 2 aromatic rings. The SMILES string of the molecule is CC(C)COc1nc(SCc2ccccc2)ccc1N. The van der Waals surface area contributed by atoms with Crippen LogP contribution in [0.1, 0.15) is 19.4 Å². The Kier molecular flexibility index (Phi) is 5.30. The average Bonchev–Trinajstić information content (AvgIpc) is 2.46. The highest BCUT2D eigenvalue weighted by Gasteiger charge is 2.06. The molecule has 0 radical (unpaired) electrons. The van der Waals surface area contributed by atoms with Gasteiger partial charge in [-0.05, 0) is 23.6 Å². The van der Waals surface area contributed by atoms with Crippen molar-refractivity contribution in [1.82, 2.24) is 4.98 Å². The maximum Gasteiger partial charge on any atom is 0.238 e. The fourth-order valence-electron chi connectivity index (χ4n) is 1.61. The molecule has 0 bridgehead atoms. The van der Waals surface area contributed by atoms with Crippen molar-refractivity contribution in [3.63, 3.8) is 0 Å². The first-order valence-electron chi connectivity index (χ1n) is 6.71. The van der Waals surface area contributed by atoms with E-state index in [2.05, 4.69) is 31.0 Å². The number of aromatic nitrogens is 1. The van der Waals surface area contributed by atoms with Gasteiger partial charge in [0.05, 0.1) is 12.3 Å². The number of nitrogens with two attached hydrogens (primary N) is 1. The predicted molar refractivity (Wildman–Crippen MR) is 85.0 cm³/mol. The highest BCUT2D eigenvalue weighted by atomic mass is 32.2. The van der Waals surface area contributed by atoms with Gasteiger partial charge in [-0.2, -0.15) is 0 Å². The number of hydrogen-bond acceptors (Lipinski definition) is 4. The van der Waals surface area contributed by atoms with Crippen LogP contribution in [0.2, 0.25) is 0 Å². The lowest BCUT2D eigenvalue weighted by molar-refractivity contribution is 0.261. The van der Waals surface area contributed by atoms with Crippen molar-refractivity contribution in [3.8, 4) is 5.88 Å². The molecule has 20 heavy (non-hydrogen) atoms. The molecule has 0 amide bonds. The summed E-state index contributed by atoms with van der Waals surface area (Å²) in [5, 5.41) is 0.932. The van der Waals surface area contributed by atoms with Gasteiger partial charge in [0.15, 0.2) is 0 Å². The van der Waals surface area contributed by atoms with E-state index in [1.165, 1.54) is 5.56 Å². The number of pyridine rings is 1. The molecule has 0 unspecified atom stereocenters. The fourth-order valence-corrected chi connectivity index (χ4v) is 2.43. The van der Waals surface area contributed by atoms with Crippen LogP contribution in [0.25, 0.3) is 0 Å². The van der Waals surface area contributed by atoms with Crippen LogP contribution in [0, 0.1) is 5.92 Å². The number of ether oxygens (including phenoxy) is 1. The van der Waals surface area contributed by atoms with Gasteiger partial charge < -0.3 is 10.5 Å². The Morgan fingerprint density at radius 3 is 2.60 bits per heavy atom. The normalized spacial score (nSPS) is 10.8. The van der Waals surface area contributed by atoms with Gasteiger partial charge in [0.1, 0.15) is 5.03 Å². The Hall–Kier alpha value is -1.68. The molecule has 0 saturated heterocycles. The lowest BCUT2D eigenvalue weighted by atomic mass is 10.2. The van der Waals surface area contributed by atoms with Gasteiger partial charge in [0.2, 0.25) is 5.88 Å². The van der Waals surface area contributed by atoms with Crippen molar-refractivity contribution in [2.24, 2.45) is 5.92 Å². The minimum Gasteiger partial charge on any atom is -0.476 e. The molecule has 0 saturated carbocycles. The highest BCUT2D eigenvalue weighted by molar-refractivity contribution is 7.98. The molecule has 2 N–H and O–H groups in total. The fraction of sp³-hybridized carbons (Fsp3) is 0.312. The van der Waals surface area contributed by atoms with Gasteiger partial charge in [-0.1, -0.05) is 44.2 Å². The third kappa shape index (κ3) is 4.46. The first kappa shape index (κ1) is 14.7. The second-order valence-corrected chi connectivity index (χ2v) is 6.02. The monoisotopic (exact) mass is 288 g/mol. The van der Waals surface area contributed by atoms with E-state index >= 15 is 0 Å². The number of anilines is 1. The largest absolute Gasteiger partial charge is 0.476 e. The minimum atomic E-state index is 0.455. The molecule has 0 aliphatic carbocycles. The summed E-state index contributed by atoms with van der Waals surface area (Å²) >= 11 is 1.68. The Morgan fingerprint density at radius 1 is 1.15 bits per heavy atom. The van der Waals surface area contributed by atoms with E-state index in [-0.39, 0.29) is 0 Å². The van der Waals surface area contributed by atoms with Crippen LogP contribution < -0.4 is 10.5 Å². The lowest BCUT2D eigenvalue weighted by Crippen LogP contribution is -2.07. The van der Waals surface area contributed by atoms with Crippen LogP contribution in [-0.2, 0) is 5.75 Å². The van der Waals surface area contributed by atoms with E-state index in [0.717, 1.165) is 10.8 Å². The van der Waals surface area contributed by atoms with Gasteiger partial charge in [-0.25, -0.2) is 4.98 Å². The third-order valence-corrected chi connectivity index (χ3v) is 3.65. The molecule has 1 aromatic heterocycles. The number of nitrogen functional groups attached to an aromatic ring is 1. The molecule has 1 heterocycles. The number of hydrogen-bond donors (Lipinski definition) is 1. The summed E-state index contributed by atoms with van der Waals surface area (Å²) in [6, 6.07) is 14.1. The number of rotatable bonds is 6. The Morgan fingerprint density at radius 2 is 1.90 bits per heavy atom. The van der Waals surface area contributed by atoms with Crippen LogP contribution in [0.5, 0.6) is 5.88 Å². The second-order valence-electron chi connectivity index (χ2n) is 5.02. The molecule has 2 rings (SSSR count). The number of nitrogens with zero attached hydrogens (tertiary/aromatic N) is 1. The zero-order valence-electron chi connectivity index (χ0n) is 11.9. The van der Waals surface area contributed by atoms with Crippen LogP contribution >= 0.6 is 11.8 Å². The van der Waals surface area contributed by atoms with E-state index in [1.807, 2.05) is 30.3 Å². The van der Waals surface area contributed by atoms with Crippen molar-refractivity contribution in [3.05, 3.63) is 48.0 Å². The van der Waals surface area contributed by atoms with Crippen LogP contribution in [0.3, 0.4) is 0 Å². The Balaban J connectivity index is 2.00. The second kappa shape index (κ2) is 7.20. The van der Waals surface area contributed by atoms with Gasteiger partial charge in [-0.3, -0.25) is 0 Å². The lowest BCUT2D eigenvalue weighted by Gasteiger charge is -2.11. The van der Waals surface area contributed by atoms with E-state index in [9.17, 15) is 0 Å². The van der Waals surface area contributed by atoms with Crippen LogP contribution in [0.4, 0.5) is 5.69 Å². The first-order chi connectivity index (χ1) is 9.65. The molecule has 0 aliphatic heterocycles. The van der Waals surface area contributed by atoms with Gasteiger partial charge in [-0.15, -0.1) is 11.8 Å². The van der Waals surface area contributed by atoms with Gasteiger partial charge >= 0.3 is 0 Å². The molecule has 106 valence electrons. The molecule has 0 aliphatic rings. The topological polar surface area (TPSA) is 48.1 Å². The summed E-state index contributed by atoms with van der Waals surface area (Å²) < 4.78 is 5.64. The van der Waals surface area contributed by atoms with E-state index in [4.69, 9.17) is 10.5 Å². The van der Waals surface area contributed by atoms with Crippen molar-refractivity contribution in [2.75, 3.05) is 12.3 Å². The number of thioether (sulfide) groups is 1. The minimum absolute atomic E-state index is 0.455. The van der Waals surface area contributed by atoms with Gasteiger partial charge in [0.25, 0.3) is 0 Å². The highest BCUT2D eigenvalue weighted by Crippen LogP contribution is 2.26. The quantitative estimate of drug-likeness (QED) is 0.816. The summed E-state index contributed by atoms with van der Waals surface area (Å²) in [5.74, 6) is 1.88. The van der Waals surface area contributed by atoms with Crippen LogP contribution in [-0.4, -0.2) is 11.6 Å². The smallest absolute Gasteiger partial charge is 0.238 e. The van der Waals surface area contributed by atoms with Crippen molar-refractivity contribution < 1.29 is 4.74 Å². The summed E-state index contributed by atoms with van der Waals surface area (Å²) in [7, 11) is 0. The number of benzene rings is 1. The molecular formula is C16H20N2OS. The summed E-state index contributed by atoms with van der Waals surface area (Å²) in [6.07, 6.45) is 0. The molecule has 0 atom stereocenters. The molecule has 1 aromatic carbocycles. The predicted octanol–water partition coefficient (Wildman–Crippen LogP) is 3.99. The summed E-state index contributed by atoms with van der Waals surface area (Å²) in [6.45, 7) is 4.83.